The molecule has 1 atom stereocenters. The van der Waals surface area contributed by atoms with Crippen LogP contribution >= 0.6 is 11.6 Å². The van der Waals surface area contributed by atoms with Crippen LogP contribution in [0.4, 0.5) is 0 Å². The third kappa shape index (κ3) is 5.02. The summed E-state index contributed by atoms with van der Waals surface area (Å²) in [7, 11) is 0. The van der Waals surface area contributed by atoms with Gasteiger partial charge in [0.15, 0.2) is 0 Å². The van der Waals surface area contributed by atoms with Gasteiger partial charge in [0, 0.05) is 30.0 Å². The molecular formula is C16H15ClN2O2. The van der Waals surface area contributed by atoms with Crippen molar-refractivity contribution < 1.29 is 9.90 Å². The lowest BCUT2D eigenvalue weighted by atomic mass is 10.1. The summed E-state index contributed by atoms with van der Waals surface area (Å²) in [5, 5.41) is 13.2. The number of rotatable bonds is 5. The number of nitrogens with one attached hydrogen (secondary N) is 1. The van der Waals surface area contributed by atoms with Crippen LogP contribution in [0.15, 0.2) is 54.9 Å². The molecule has 0 aliphatic heterocycles. The second-order valence-electron chi connectivity index (χ2n) is 4.43. The Labute approximate surface area is 128 Å². The van der Waals surface area contributed by atoms with Crippen LogP contribution in [0.5, 0.6) is 0 Å². The highest BCUT2D eigenvalue weighted by atomic mass is 35.5. The van der Waals surface area contributed by atoms with Gasteiger partial charge in [0.25, 0.3) is 0 Å². The molecule has 1 unspecified atom stereocenters. The van der Waals surface area contributed by atoms with Crippen molar-refractivity contribution >= 4 is 23.6 Å². The summed E-state index contributed by atoms with van der Waals surface area (Å²) in [5.74, 6) is -0.271. The molecule has 0 spiro atoms. The molecule has 2 rings (SSSR count). The Bertz CT molecular complexity index is 612. The lowest BCUT2D eigenvalue weighted by Gasteiger charge is -2.11. The molecule has 5 heteroatoms. The summed E-state index contributed by atoms with van der Waals surface area (Å²) in [4.78, 5) is 15.6. The maximum absolute atomic E-state index is 11.7. The number of aliphatic hydroxyl groups is 1. The summed E-state index contributed by atoms with van der Waals surface area (Å²) >= 11 is 5.78. The SMILES string of the molecule is O=C(/C=C/c1cccnc1)NCC(O)c1ccc(Cl)cc1. The van der Waals surface area contributed by atoms with Crippen LogP contribution in [0.1, 0.15) is 17.2 Å². The zero-order valence-corrected chi connectivity index (χ0v) is 12.0. The number of pyridine rings is 1. The highest BCUT2D eigenvalue weighted by Crippen LogP contribution is 2.15. The average Bonchev–Trinajstić information content (AvgIpc) is 2.52. The largest absolute Gasteiger partial charge is 0.387 e. The van der Waals surface area contributed by atoms with Crippen LogP contribution in [0.2, 0.25) is 5.02 Å². The number of carbonyl (C=O) groups is 1. The van der Waals surface area contributed by atoms with Crippen molar-refractivity contribution in [2.24, 2.45) is 0 Å². The number of hydrogen-bond acceptors (Lipinski definition) is 3. The minimum atomic E-state index is -0.766. The van der Waals surface area contributed by atoms with E-state index in [9.17, 15) is 9.90 Å². The Morgan fingerprint density at radius 2 is 2.10 bits per heavy atom. The maximum Gasteiger partial charge on any atom is 0.244 e. The molecule has 0 radical (unpaired) electrons. The van der Waals surface area contributed by atoms with Crippen LogP contribution in [-0.2, 0) is 4.79 Å². The Balaban J connectivity index is 1.83. The Hall–Kier alpha value is -2.17. The molecule has 1 aromatic heterocycles. The molecule has 4 nitrogen and oxygen atoms in total. The van der Waals surface area contributed by atoms with Crippen molar-refractivity contribution in [3.63, 3.8) is 0 Å². The van der Waals surface area contributed by atoms with Crippen LogP contribution in [0, 0.1) is 0 Å². The lowest BCUT2D eigenvalue weighted by molar-refractivity contribution is -0.116. The summed E-state index contributed by atoms with van der Waals surface area (Å²) in [6, 6.07) is 10.5. The minimum absolute atomic E-state index is 0.137. The van der Waals surface area contributed by atoms with Gasteiger partial charge in [-0.3, -0.25) is 9.78 Å². The second kappa shape index (κ2) is 7.57. The van der Waals surface area contributed by atoms with Gasteiger partial charge in [-0.15, -0.1) is 0 Å². The number of aliphatic hydroxyl groups excluding tert-OH is 1. The van der Waals surface area contributed by atoms with Gasteiger partial charge in [-0.25, -0.2) is 0 Å². The van der Waals surface area contributed by atoms with E-state index in [-0.39, 0.29) is 12.5 Å². The molecule has 0 fully saturated rings. The van der Waals surface area contributed by atoms with Crippen molar-refractivity contribution in [1.82, 2.24) is 10.3 Å². The highest BCUT2D eigenvalue weighted by molar-refractivity contribution is 6.30. The first kappa shape index (κ1) is 15.2. The summed E-state index contributed by atoms with van der Waals surface area (Å²) in [6.45, 7) is 0.137. The van der Waals surface area contributed by atoms with Gasteiger partial charge in [-0.1, -0.05) is 29.8 Å². The van der Waals surface area contributed by atoms with Crippen LogP contribution in [0.25, 0.3) is 6.08 Å². The second-order valence-corrected chi connectivity index (χ2v) is 4.87. The standard InChI is InChI=1S/C16H15ClN2O2/c17-14-6-4-13(5-7-14)15(20)11-19-16(21)8-3-12-2-1-9-18-10-12/h1-10,15,20H,11H2,(H,19,21)/b8-3+. The molecule has 0 aliphatic rings. The molecule has 1 heterocycles. The fraction of sp³-hybridized carbons (Fsp3) is 0.125. The van der Waals surface area contributed by atoms with Gasteiger partial charge in [0.05, 0.1) is 6.10 Å². The van der Waals surface area contributed by atoms with Gasteiger partial charge in [0.1, 0.15) is 0 Å². The van der Waals surface area contributed by atoms with Gasteiger partial charge < -0.3 is 10.4 Å². The van der Waals surface area contributed by atoms with Gasteiger partial charge in [-0.2, -0.15) is 0 Å². The van der Waals surface area contributed by atoms with Crippen molar-refractivity contribution in [3.05, 3.63) is 71.0 Å². The molecule has 21 heavy (non-hydrogen) atoms. The fourth-order valence-corrected chi connectivity index (χ4v) is 1.83. The number of nitrogens with zero attached hydrogens (tertiary/aromatic N) is 1. The molecule has 0 bridgehead atoms. The molecule has 0 aliphatic carbocycles. The van der Waals surface area contributed by atoms with E-state index in [1.807, 2.05) is 6.07 Å². The number of amides is 1. The van der Waals surface area contributed by atoms with Gasteiger partial charge in [-0.05, 0) is 35.4 Å². The first-order chi connectivity index (χ1) is 10.1. The number of hydrogen-bond donors (Lipinski definition) is 2. The average molecular weight is 303 g/mol. The molecule has 2 N–H and O–H groups in total. The van der Waals surface area contributed by atoms with Gasteiger partial charge >= 0.3 is 0 Å². The number of aromatic nitrogens is 1. The summed E-state index contributed by atoms with van der Waals surface area (Å²) in [5.41, 5.74) is 1.54. The van der Waals surface area contributed by atoms with E-state index in [0.717, 1.165) is 5.56 Å². The first-order valence-corrected chi connectivity index (χ1v) is 6.82. The van der Waals surface area contributed by atoms with Crippen LogP contribution in [-0.4, -0.2) is 22.5 Å². The van der Waals surface area contributed by atoms with E-state index in [4.69, 9.17) is 11.6 Å². The number of halogens is 1. The molecular weight excluding hydrogens is 288 g/mol. The predicted octanol–water partition coefficient (Wildman–Crippen LogP) is 2.60. The third-order valence-corrected chi connectivity index (χ3v) is 3.09. The predicted molar refractivity (Wildman–Crippen MR) is 82.7 cm³/mol. The van der Waals surface area contributed by atoms with Crippen LogP contribution < -0.4 is 5.32 Å². The molecule has 1 aromatic carbocycles. The Morgan fingerprint density at radius 1 is 1.33 bits per heavy atom. The number of benzene rings is 1. The van der Waals surface area contributed by atoms with E-state index in [2.05, 4.69) is 10.3 Å². The first-order valence-electron chi connectivity index (χ1n) is 6.44. The monoisotopic (exact) mass is 302 g/mol. The maximum atomic E-state index is 11.7. The smallest absolute Gasteiger partial charge is 0.244 e. The zero-order valence-electron chi connectivity index (χ0n) is 11.2. The fourth-order valence-electron chi connectivity index (χ4n) is 1.71. The van der Waals surface area contributed by atoms with E-state index < -0.39 is 6.10 Å². The van der Waals surface area contributed by atoms with E-state index in [1.54, 1.807) is 48.8 Å². The molecule has 108 valence electrons. The molecule has 0 saturated heterocycles. The number of carbonyl (C=O) groups excluding carboxylic acids is 1. The van der Waals surface area contributed by atoms with Gasteiger partial charge in [0.2, 0.25) is 5.91 Å². The van der Waals surface area contributed by atoms with E-state index in [1.165, 1.54) is 6.08 Å². The topological polar surface area (TPSA) is 62.2 Å². The highest BCUT2D eigenvalue weighted by Gasteiger charge is 2.08. The molecule has 2 aromatic rings. The Morgan fingerprint density at radius 3 is 2.76 bits per heavy atom. The van der Waals surface area contributed by atoms with Crippen molar-refractivity contribution in [2.75, 3.05) is 6.54 Å². The molecule has 0 saturated carbocycles. The normalized spacial score (nSPS) is 12.3. The summed E-state index contributed by atoms with van der Waals surface area (Å²) < 4.78 is 0. The van der Waals surface area contributed by atoms with Crippen molar-refractivity contribution in [1.29, 1.82) is 0 Å². The molecule has 1 amide bonds. The minimum Gasteiger partial charge on any atom is -0.387 e. The van der Waals surface area contributed by atoms with Crippen molar-refractivity contribution in [2.45, 2.75) is 6.10 Å². The third-order valence-electron chi connectivity index (χ3n) is 2.84. The Kier molecular flexibility index (Phi) is 5.49. The zero-order chi connectivity index (χ0) is 15.1. The lowest BCUT2D eigenvalue weighted by Crippen LogP contribution is -2.26. The van der Waals surface area contributed by atoms with E-state index >= 15 is 0 Å². The van der Waals surface area contributed by atoms with E-state index in [0.29, 0.717) is 10.6 Å². The van der Waals surface area contributed by atoms with Crippen LogP contribution in [0.3, 0.4) is 0 Å². The quantitative estimate of drug-likeness (QED) is 0.835. The summed E-state index contributed by atoms with van der Waals surface area (Å²) in [6.07, 6.45) is 5.63. The van der Waals surface area contributed by atoms with Crippen molar-refractivity contribution in [3.8, 4) is 0 Å².